The molecule has 1 unspecified atom stereocenters. The lowest BCUT2D eigenvalue weighted by molar-refractivity contribution is 0.0622. The van der Waals surface area contributed by atoms with Crippen LogP contribution in [0.3, 0.4) is 0 Å². The molecule has 0 aliphatic rings. The fraction of sp³-hybridized carbons (Fsp3) is 0.500. The van der Waals surface area contributed by atoms with Crippen LogP contribution >= 0.6 is 15.9 Å². The predicted octanol–water partition coefficient (Wildman–Crippen LogP) is 1.36. The topological polar surface area (TPSA) is 45.1 Å². The summed E-state index contributed by atoms with van der Waals surface area (Å²) in [4.78, 5) is 4.05. The van der Waals surface area contributed by atoms with Crippen LogP contribution in [0.2, 0.25) is 0 Å². The lowest BCUT2D eigenvalue weighted by Crippen LogP contribution is -2.38. The fourth-order valence-electron chi connectivity index (χ4n) is 1.44. The van der Waals surface area contributed by atoms with Crippen LogP contribution in [0.4, 0.5) is 0 Å². The number of aromatic nitrogens is 1. The van der Waals surface area contributed by atoms with E-state index < -0.39 is 5.60 Å². The number of hydrogen-bond donors (Lipinski definition) is 2. The average molecular weight is 259 g/mol. The SMILES string of the molecule is CNCC(C)(O)Cc1cncc(Br)c1. The van der Waals surface area contributed by atoms with Crippen LogP contribution in [0, 0.1) is 0 Å². The summed E-state index contributed by atoms with van der Waals surface area (Å²) in [5.74, 6) is 0. The van der Waals surface area contributed by atoms with Gasteiger partial charge in [0.2, 0.25) is 0 Å². The fourth-order valence-corrected chi connectivity index (χ4v) is 1.85. The van der Waals surface area contributed by atoms with Gasteiger partial charge in [0, 0.05) is 29.8 Å². The van der Waals surface area contributed by atoms with Gasteiger partial charge in [-0.15, -0.1) is 0 Å². The van der Waals surface area contributed by atoms with E-state index in [-0.39, 0.29) is 0 Å². The van der Waals surface area contributed by atoms with Crippen molar-refractivity contribution in [3.8, 4) is 0 Å². The Labute approximate surface area is 92.7 Å². The van der Waals surface area contributed by atoms with Crippen molar-refractivity contribution in [1.82, 2.24) is 10.3 Å². The van der Waals surface area contributed by atoms with Crippen LogP contribution in [0.25, 0.3) is 0 Å². The summed E-state index contributed by atoms with van der Waals surface area (Å²) in [6.45, 7) is 2.38. The maximum Gasteiger partial charge on any atom is 0.0784 e. The minimum Gasteiger partial charge on any atom is -0.389 e. The first-order valence-corrected chi connectivity index (χ1v) is 5.29. The Morgan fingerprint density at radius 2 is 2.29 bits per heavy atom. The van der Waals surface area contributed by atoms with Crippen molar-refractivity contribution in [1.29, 1.82) is 0 Å². The highest BCUT2D eigenvalue weighted by Gasteiger charge is 2.19. The van der Waals surface area contributed by atoms with Gasteiger partial charge in [0.15, 0.2) is 0 Å². The number of halogens is 1. The van der Waals surface area contributed by atoms with Crippen molar-refractivity contribution >= 4 is 15.9 Å². The first kappa shape index (κ1) is 11.6. The molecule has 78 valence electrons. The van der Waals surface area contributed by atoms with Crippen LogP contribution in [-0.2, 0) is 6.42 Å². The maximum absolute atomic E-state index is 9.95. The number of likely N-dealkylation sites (N-methyl/N-ethyl adjacent to an activating group) is 1. The average Bonchev–Trinajstić information content (AvgIpc) is 2.02. The van der Waals surface area contributed by atoms with Gasteiger partial charge in [0.05, 0.1) is 5.60 Å². The Hall–Kier alpha value is -0.450. The van der Waals surface area contributed by atoms with Gasteiger partial charge < -0.3 is 10.4 Å². The summed E-state index contributed by atoms with van der Waals surface area (Å²) in [6, 6.07) is 1.97. The molecular formula is C10H15BrN2O. The van der Waals surface area contributed by atoms with E-state index in [9.17, 15) is 5.11 Å². The van der Waals surface area contributed by atoms with E-state index in [1.807, 2.05) is 20.0 Å². The van der Waals surface area contributed by atoms with Crippen molar-refractivity contribution in [3.63, 3.8) is 0 Å². The Balaban J connectivity index is 2.68. The van der Waals surface area contributed by atoms with E-state index in [4.69, 9.17) is 0 Å². The summed E-state index contributed by atoms with van der Waals surface area (Å²) in [5, 5.41) is 12.9. The molecule has 14 heavy (non-hydrogen) atoms. The minimum absolute atomic E-state index is 0.569. The first-order valence-electron chi connectivity index (χ1n) is 4.50. The number of nitrogens with one attached hydrogen (secondary N) is 1. The number of rotatable bonds is 4. The molecule has 0 saturated heterocycles. The van der Waals surface area contributed by atoms with Crippen LogP contribution in [0.15, 0.2) is 22.9 Å². The predicted molar refractivity (Wildman–Crippen MR) is 60.2 cm³/mol. The third-order valence-corrected chi connectivity index (χ3v) is 2.34. The molecule has 1 heterocycles. The lowest BCUT2D eigenvalue weighted by atomic mass is 9.98. The summed E-state index contributed by atoms with van der Waals surface area (Å²) < 4.78 is 0.940. The molecule has 0 saturated carbocycles. The standard InChI is InChI=1S/C10H15BrN2O/c1-10(14,7-12-2)4-8-3-9(11)6-13-5-8/h3,5-6,12,14H,4,7H2,1-2H3. The van der Waals surface area contributed by atoms with Crippen LogP contribution in [0.5, 0.6) is 0 Å². The summed E-state index contributed by atoms with van der Waals surface area (Å²) in [5.41, 5.74) is 0.302. The maximum atomic E-state index is 9.95. The van der Waals surface area contributed by atoms with Gasteiger partial charge in [-0.2, -0.15) is 0 Å². The van der Waals surface area contributed by atoms with Crippen molar-refractivity contribution in [2.24, 2.45) is 0 Å². The van der Waals surface area contributed by atoms with E-state index in [1.54, 1.807) is 12.4 Å². The highest BCUT2D eigenvalue weighted by molar-refractivity contribution is 9.10. The van der Waals surface area contributed by atoms with E-state index >= 15 is 0 Å². The molecule has 0 aliphatic carbocycles. The number of pyridine rings is 1. The van der Waals surface area contributed by atoms with Crippen LogP contribution < -0.4 is 5.32 Å². The zero-order chi connectivity index (χ0) is 10.6. The zero-order valence-corrected chi connectivity index (χ0v) is 10.0. The van der Waals surface area contributed by atoms with Gasteiger partial charge in [-0.05, 0) is 41.5 Å². The van der Waals surface area contributed by atoms with Gasteiger partial charge in [-0.1, -0.05) is 0 Å². The molecule has 0 bridgehead atoms. The van der Waals surface area contributed by atoms with Crippen LogP contribution in [-0.4, -0.2) is 29.3 Å². The van der Waals surface area contributed by atoms with Gasteiger partial charge >= 0.3 is 0 Å². The molecule has 0 aromatic carbocycles. The molecule has 0 fully saturated rings. The summed E-state index contributed by atoms with van der Waals surface area (Å²) in [6.07, 6.45) is 4.10. The minimum atomic E-state index is -0.725. The monoisotopic (exact) mass is 258 g/mol. The van der Waals surface area contributed by atoms with Gasteiger partial charge in [0.1, 0.15) is 0 Å². The third-order valence-electron chi connectivity index (χ3n) is 1.90. The van der Waals surface area contributed by atoms with Crippen molar-refractivity contribution < 1.29 is 5.11 Å². The Bertz CT molecular complexity index is 302. The smallest absolute Gasteiger partial charge is 0.0784 e. The number of nitrogens with zero attached hydrogens (tertiary/aromatic N) is 1. The molecule has 0 spiro atoms. The van der Waals surface area contributed by atoms with Crippen molar-refractivity contribution in [2.75, 3.05) is 13.6 Å². The van der Waals surface area contributed by atoms with Gasteiger partial charge in [-0.3, -0.25) is 4.98 Å². The third kappa shape index (κ3) is 3.74. The second-order valence-corrected chi connectivity index (χ2v) is 4.63. The quantitative estimate of drug-likeness (QED) is 0.858. The molecule has 1 aromatic rings. The largest absolute Gasteiger partial charge is 0.389 e. The number of hydrogen-bond acceptors (Lipinski definition) is 3. The van der Waals surface area contributed by atoms with Crippen molar-refractivity contribution in [2.45, 2.75) is 18.9 Å². The highest BCUT2D eigenvalue weighted by Crippen LogP contribution is 2.15. The normalized spacial score (nSPS) is 15.1. The van der Waals surface area contributed by atoms with Crippen molar-refractivity contribution in [3.05, 3.63) is 28.5 Å². The molecule has 0 radical (unpaired) electrons. The number of aliphatic hydroxyl groups is 1. The Kier molecular flexibility index (Phi) is 4.04. The molecule has 4 heteroatoms. The molecular weight excluding hydrogens is 244 g/mol. The molecule has 0 aliphatic heterocycles. The summed E-state index contributed by atoms with van der Waals surface area (Å²) >= 11 is 3.35. The zero-order valence-electron chi connectivity index (χ0n) is 8.42. The molecule has 2 N–H and O–H groups in total. The van der Waals surface area contributed by atoms with Gasteiger partial charge in [0.25, 0.3) is 0 Å². The van der Waals surface area contributed by atoms with E-state index in [0.29, 0.717) is 13.0 Å². The Morgan fingerprint density at radius 3 is 2.86 bits per heavy atom. The lowest BCUT2D eigenvalue weighted by Gasteiger charge is -2.22. The van der Waals surface area contributed by atoms with E-state index in [0.717, 1.165) is 10.0 Å². The second kappa shape index (κ2) is 4.87. The molecule has 1 aromatic heterocycles. The molecule has 1 atom stereocenters. The van der Waals surface area contributed by atoms with E-state index in [2.05, 4.69) is 26.2 Å². The summed E-state index contributed by atoms with van der Waals surface area (Å²) in [7, 11) is 1.83. The second-order valence-electron chi connectivity index (χ2n) is 3.72. The van der Waals surface area contributed by atoms with Gasteiger partial charge in [-0.25, -0.2) is 0 Å². The molecule has 0 amide bonds. The highest BCUT2D eigenvalue weighted by atomic mass is 79.9. The van der Waals surface area contributed by atoms with E-state index in [1.165, 1.54) is 0 Å². The first-order chi connectivity index (χ1) is 6.53. The van der Waals surface area contributed by atoms with Crippen LogP contribution in [0.1, 0.15) is 12.5 Å². The molecule has 1 rings (SSSR count). The molecule has 3 nitrogen and oxygen atoms in total. The Morgan fingerprint density at radius 1 is 1.57 bits per heavy atom.